The molecule has 3 fully saturated rings. The second-order valence-corrected chi connectivity index (χ2v) is 13.4. The fourth-order valence-electron chi connectivity index (χ4n) is 7.07. The Labute approximate surface area is 276 Å². The van der Waals surface area contributed by atoms with E-state index in [1.807, 2.05) is 30.0 Å². The highest BCUT2D eigenvalue weighted by molar-refractivity contribution is 5.94. The summed E-state index contributed by atoms with van der Waals surface area (Å²) in [5.74, 6) is 3.65. The van der Waals surface area contributed by atoms with Crippen molar-refractivity contribution in [3.63, 3.8) is 0 Å². The third-order valence-electron chi connectivity index (χ3n) is 10.0. The smallest absolute Gasteiger partial charge is 0.407 e. The van der Waals surface area contributed by atoms with Gasteiger partial charge in [0.1, 0.15) is 23.5 Å². The zero-order valence-corrected chi connectivity index (χ0v) is 27.5. The maximum Gasteiger partial charge on any atom is 0.407 e. The minimum Gasteiger partial charge on any atom is -0.495 e. The van der Waals surface area contributed by atoms with Crippen LogP contribution in [0.4, 0.5) is 10.6 Å². The van der Waals surface area contributed by atoms with Crippen molar-refractivity contribution < 1.29 is 28.6 Å². The number of methoxy groups -OCH3 is 1. The number of anilines is 1. The van der Waals surface area contributed by atoms with Crippen molar-refractivity contribution in [1.82, 2.24) is 20.3 Å². The van der Waals surface area contributed by atoms with Crippen molar-refractivity contribution in [3.05, 3.63) is 54.0 Å². The summed E-state index contributed by atoms with van der Waals surface area (Å²) < 4.78 is 16.5. The number of aryl methyl sites for hydroxylation is 1. The van der Waals surface area contributed by atoms with E-state index in [0.29, 0.717) is 36.7 Å². The van der Waals surface area contributed by atoms with Crippen molar-refractivity contribution in [3.8, 4) is 17.0 Å². The number of carbonyl (C=O) groups excluding carboxylic acids is 2. The molecule has 2 amide bonds. The Morgan fingerprint density at radius 3 is 2.43 bits per heavy atom. The molecule has 3 aliphatic rings. The van der Waals surface area contributed by atoms with E-state index in [-0.39, 0.29) is 30.9 Å². The summed E-state index contributed by atoms with van der Waals surface area (Å²) in [4.78, 5) is 42.4. The van der Waals surface area contributed by atoms with E-state index in [1.54, 1.807) is 19.6 Å². The first kappa shape index (κ1) is 32.9. The van der Waals surface area contributed by atoms with Gasteiger partial charge in [0.25, 0.3) is 0 Å². The lowest BCUT2D eigenvalue weighted by Gasteiger charge is -2.35. The summed E-state index contributed by atoms with van der Waals surface area (Å²) in [7, 11) is 1.67. The lowest BCUT2D eigenvalue weighted by atomic mass is 9.79. The lowest BCUT2D eigenvalue weighted by molar-refractivity contribution is -0.124. The maximum absolute atomic E-state index is 14.3. The Bertz CT molecular complexity index is 1510. The van der Waals surface area contributed by atoms with Gasteiger partial charge in [0.15, 0.2) is 5.89 Å². The second-order valence-electron chi connectivity index (χ2n) is 13.4. The Hall–Kier alpha value is -3.99. The van der Waals surface area contributed by atoms with Gasteiger partial charge in [0, 0.05) is 48.3 Å². The van der Waals surface area contributed by atoms with Crippen molar-refractivity contribution in [2.24, 2.45) is 17.8 Å². The predicted octanol–water partition coefficient (Wildman–Crippen LogP) is 6.16. The topological polar surface area (TPSA) is 140 Å². The monoisotopic (exact) mass is 645 g/mol. The van der Waals surface area contributed by atoms with Crippen LogP contribution in [0.3, 0.4) is 0 Å². The molecule has 6 rings (SSSR count). The van der Waals surface area contributed by atoms with Crippen LogP contribution < -0.4 is 15.0 Å². The van der Waals surface area contributed by atoms with Crippen LogP contribution in [0.2, 0.25) is 0 Å². The summed E-state index contributed by atoms with van der Waals surface area (Å²) in [6, 6.07) is 8.01. The number of ether oxygens (including phenoxy) is 2. The Kier molecular flexibility index (Phi) is 10.7. The van der Waals surface area contributed by atoms with Crippen LogP contribution in [-0.4, -0.2) is 65.5 Å². The molecule has 47 heavy (non-hydrogen) atoms. The van der Waals surface area contributed by atoms with Crippen molar-refractivity contribution in [2.75, 3.05) is 38.3 Å². The molecule has 0 radical (unpaired) electrons. The molecule has 11 heteroatoms. The number of oxazole rings is 1. The molecule has 3 aromatic rings. The molecule has 0 bridgehead atoms. The van der Waals surface area contributed by atoms with Crippen molar-refractivity contribution in [2.45, 2.75) is 83.0 Å². The largest absolute Gasteiger partial charge is 0.495 e. The molecule has 3 saturated carbocycles. The molecule has 11 nitrogen and oxygen atoms in total. The van der Waals surface area contributed by atoms with Gasteiger partial charge in [-0.3, -0.25) is 14.7 Å². The molecule has 0 aliphatic heterocycles. The Morgan fingerprint density at radius 2 is 1.72 bits per heavy atom. The van der Waals surface area contributed by atoms with E-state index in [1.165, 1.54) is 0 Å². The van der Waals surface area contributed by atoms with Gasteiger partial charge in [-0.1, -0.05) is 0 Å². The molecule has 3 aliphatic carbocycles. The van der Waals surface area contributed by atoms with E-state index in [9.17, 15) is 9.59 Å². The number of hydrogen-bond donors (Lipinski definition) is 2. The average molecular weight is 646 g/mol. The summed E-state index contributed by atoms with van der Waals surface area (Å²) in [6.07, 6.45) is 12.4. The van der Waals surface area contributed by atoms with Crippen molar-refractivity contribution in [1.29, 1.82) is 0 Å². The van der Waals surface area contributed by atoms with Crippen LogP contribution in [0.5, 0.6) is 5.75 Å². The maximum atomic E-state index is 14.3. The van der Waals surface area contributed by atoms with Gasteiger partial charge in [-0.15, -0.1) is 0 Å². The number of alkyl carbamates (subject to hydrolysis) is 1. The molecule has 0 atom stereocenters. The van der Waals surface area contributed by atoms with E-state index in [0.717, 1.165) is 98.5 Å². The molecule has 2 N–H and O–H groups in total. The summed E-state index contributed by atoms with van der Waals surface area (Å²) in [5.41, 5.74) is 3.70. The van der Waals surface area contributed by atoms with Gasteiger partial charge in [-0.2, -0.15) is 0 Å². The molecule has 3 heterocycles. The summed E-state index contributed by atoms with van der Waals surface area (Å²) in [5, 5.41) is 11.4. The third kappa shape index (κ3) is 8.30. The predicted molar refractivity (Wildman–Crippen MR) is 176 cm³/mol. The molecular formula is C36H47N5O6. The minimum atomic E-state index is -0.515. The molecule has 0 saturated heterocycles. The van der Waals surface area contributed by atoms with E-state index in [2.05, 4.69) is 11.4 Å². The standard InChI is InChI=1S/C36H47N5O6/c1-23-32(45-2)14-13-30(39-23)26-7-3-24(4-8-26)20-41(33-19-29(15-16-37-33)31-22-46-34(40-31)27-11-12-27)35(43)28-9-5-25(6-10-28)21-47-36(44)38-17-18-42/h13-16,19,22,24-28,42H,3-12,17-18,20-21H2,1-2H3,(H,38,44). The molecule has 0 unspecified atom stereocenters. The van der Waals surface area contributed by atoms with Gasteiger partial charge in [-0.05, 0) is 107 Å². The number of aromatic nitrogens is 3. The highest BCUT2D eigenvalue weighted by Gasteiger charge is 2.34. The SMILES string of the molecule is COc1ccc(C2CCC(CN(C(=O)C3CCC(COC(=O)NCCO)CC3)c3cc(-c4coc(C5CC5)n4)ccn3)CC2)nc1C. The van der Waals surface area contributed by atoms with Crippen LogP contribution in [0.15, 0.2) is 41.1 Å². The number of nitrogens with one attached hydrogen (secondary N) is 1. The van der Waals surface area contributed by atoms with Crippen LogP contribution >= 0.6 is 0 Å². The van der Waals surface area contributed by atoms with Gasteiger partial charge < -0.3 is 24.3 Å². The van der Waals surface area contributed by atoms with Crippen LogP contribution in [0.1, 0.15) is 93.3 Å². The van der Waals surface area contributed by atoms with Gasteiger partial charge in [0.05, 0.1) is 26.0 Å². The second kappa shape index (κ2) is 15.3. The zero-order chi connectivity index (χ0) is 32.8. The van der Waals surface area contributed by atoms with Crippen LogP contribution in [-0.2, 0) is 9.53 Å². The Balaban J connectivity index is 1.13. The number of amides is 2. The minimum absolute atomic E-state index is 0.114. The zero-order valence-electron chi connectivity index (χ0n) is 27.5. The molecule has 3 aromatic heterocycles. The normalized spacial score (nSPS) is 22.8. The molecule has 252 valence electrons. The molecular weight excluding hydrogens is 598 g/mol. The number of pyridine rings is 2. The number of rotatable bonds is 12. The summed E-state index contributed by atoms with van der Waals surface area (Å²) >= 11 is 0. The number of aliphatic hydroxyl groups excluding tert-OH is 1. The van der Waals surface area contributed by atoms with E-state index >= 15 is 0 Å². The van der Waals surface area contributed by atoms with Gasteiger partial charge in [-0.25, -0.2) is 14.8 Å². The first-order valence-electron chi connectivity index (χ1n) is 17.2. The average Bonchev–Trinajstić information content (AvgIpc) is 3.84. The molecule has 0 aromatic carbocycles. The molecule has 0 spiro atoms. The first-order chi connectivity index (χ1) is 22.9. The number of carbonyl (C=O) groups is 2. The summed E-state index contributed by atoms with van der Waals surface area (Å²) in [6.45, 7) is 2.97. The quantitative estimate of drug-likeness (QED) is 0.237. The van der Waals surface area contributed by atoms with Crippen molar-refractivity contribution >= 4 is 17.8 Å². The third-order valence-corrected chi connectivity index (χ3v) is 10.0. The van der Waals surface area contributed by atoms with Gasteiger partial charge in [0.2, 0.25) is 5.91 Å². The van der Waals surface area contributed by atoms with E-state index < -0.39 is 6.09 Å². The fourth-order valence-corrected chi connectivity index (χ4v) is 7.07. The fraction of sp³-hybridized carbons (Fsp3) is 0.583. The Morgan fingerprint density at radius 1 is 0.979 bits per heavy atom. The number of aliphatic hydroxyl groups is 1. The highest BCUT2D eigenvalue weighted by Crippen LogP contribution is 2.41. The van der Waals surface area contributed by atoms with Gasteiger partial charge >= 0.3 is 6.09 Å². The van der Waals surface area contributed by atoms with E-state index in [4.69, 9.17) is 33.9 Å². The number of hydrogen-bond acceptors (Lipinski definition) is 9. The lowest BCUT2D eigenvalue weighted by Crippen LogP contribution is -2.42. The van der Waals surface area contributed by atoms with Crippen LogP contribution in [0, 0.1) is 24.7 Å². The first-order valence-corrected chi connectivity index (χ1v) is 17.2. The van der Waals surface area contributed by atoms with Crippen LogP contribution in [0.25, 0.3) is 11.3 Å². The number of nitrogens with zero attached hydrogens (tertiary/aromatic N) is 4. The highest BCUT2D eigenvalue weighted by atomic mass is 16.5.